The van der Waals surface area contributed by atoms with E-state index in [1.807, 2.05) is 0 Å². The molecule has 3 aromatic carbocycles. The van der Waals surface area contributed by atoms with Crippen LogP contribution in [0.3, 0.4) is 0 Å². The van der Waals surface area contributed by atoms with Crippen LogP contribution in [-0.4, -0.2) is 37.4 Å². The van der Waals surface area contributed by atoms with Crippen molar-refractivity contribution in [3.8, 4) is 5.75 Å². The minimum atomic E-state index is -0.760. The highest BCUT2D eigenvalue weighted by Crippen LogP contribution is 2.41. The van der Waals surface area contributed by atoms with Crippen molar-refractivity contribution in [2.75, 3.05) is 29.9 Å². The van der Waals surface area contributed by atoms with Crippen molar-refractivity contribution < 1.29 is 19.1 Å². The van der Waals surface area contributed by atoms with E-state index in [4.69, 9.17) is 45.3 Å². The van der Waals surface area contributed by atoms with E-state index in [1.54, 1.807) is 54.6 Å². The summed E-state index contributed by atoms with van der Waals surface area (Å²) in [7, 11) is 0. The Balaban J connectivity index is 1.74. The lowest BCUT2D eigenvalue weighted by Gasteiger charge is -2.31. The Morgan fingerprint density at radius 1 is 1.03 bits per heavy atom. The van der Waals surface area contributed by atoms with E-state index in [-0.39, 0.29) is 31.4 Å². The van der Waals surface area contributed by atoms with Crippen LogP contribution in [0.2, 0.25) is 15.1 Å². The summed E-state index contributed by atoms with van der Waals surface area (Å²) >= 11 is 18.5. The maximum atomic E-state index is 13.7. The highest BCUT2D eigenvalue weighted by atomic mass is 35.5. The molecule has 4 N–H and O–H groups in total. The topological polar surface area (TPSA) is 114 Å². The lowest BCUT2D eigenvalue weighted by molar-refractivity contribution is -0.121. The van der Waals surface area contributed by atoms with Crippen molar-refractivity contribution in [3.05, 3.63) is 86.9 Å². The molecule has 1 atom stereocenters. The second kappa shape index (κ2) is 11.8. The van der Waals surface area contributed by atoms with Crippen LogP contribution in [0.25, 0.3) is 0 Å². The zero-order valence-corrected chi connectivity index (χ0v) is 21.7. The van der Waals surface area contributed by atoms with Gasteiger partial charge < -0.3 is 21.1 Å². The fourth-order valence-corrected chi connectivity index (χ4v) is 4.65. The summed E-state index contributed by atoms with van der Waals surface area (Å²) in [5, 5.41) is 6.76. The zero-order chi connectivity index (χ0) is 26.5. The molecule has 1 aliphatic rings. The average Bonchev–Trinajstić information content (AvgIpc) is 3.01. The lowest BCUT2D eigenvalue weighted by atomic mass is 10.0. The highest BCUT2D eigenvalue weighted by Gasteiger charge is 2.35. The molecule has 1 aliphatic heterocycles. The molecule has 0 bridgehead atoms. The van der Waals surface area contributed by atoms with Crippen LogP contribution >= 0.6 is 34.8 Å². The largest absolute Gasteiger partial charge is 0.484 e. The molecule has 0 aromatic heterocycles. The maximum Gasteiger partial charge on any atom is 0.265 e. The van der Waals surface area contributed by atoms with Gasteiger partial charge in [0.2, 0.25) is 5.91 Å². The molecule has 0 aliphatic carbocycles. The number of carbonyl (C=O) groups is 3. The molecule has 0 radical (unpaired) electrons. The Kier molecular flexibility index (Phi) is 8.56. The van der Waals surface area contributed by atoms with E-state index in [9.17, 15) is 14.4 Å². The minimum absolute atomic E-state index is 0.0859. The normalized spacial score (nSPS) is 14.9. The van der Waals surface area contributed by atoms with Gasteiger partial charge in [0.1, 0.15) is 5.75 Å². The van der Waals surface area contributed by atoms with Gasteiger partial charge in [0.25, 0.3) is 11.8 Å². The summed E-state index contributed by atoms with van der Waals surface area (Å²) in [6.45, 7) is 0.259. The standard InChI is InChI=1S/C26H23Cl3N4O4/c27-16-2-5-18(6-3-16)37-14-25(35)33-22-8-1-15(26(36)31-10-9-30)11-21(22)32-24(34)13-23(33)19-7-4-17(28)12-20(19)29/h1-8,11-12,23H,9-10,13-14,30H2,(H,31,36)(H,32,34). The summed E-state index contributed by atoms with van der Waals surface area (Å²) in [5.41, 5.74) is 7.01. The number of halogens is 3. The summed E-state index contributed by atoms with van der Waals surface area (Å²) in [5.74, 6) is -0.683. The number of carbonyl (C=O) groups excluding carboxylic acids is 3. The molecule has 0 spiro atoms. The number of amides is 3. The van der Waals surface area contributed by atoms with E-state index in [1.165, 1.54) is 11.0 Å². The van der Waals surface area contributed by atoms with Crippen LogP contribution in [0.1, 0.15) is 28.4 Å². The predicted octanol–water partition coefficient (Wildman–Crippen LogP) is 4.83. The van der Waals surface area contributed by atoms with Gasteiger partial charge in [-0.3, -0.25) is 19.3 Å². The highest BCUT2D eigenvalue weighted by molar-refractivity contribution is 6.35. The molecular formula is C26H23Cl3N4O4. The van der Waals surface area contributed by atoms with Crippen LogP contribution in [0, 0.1) is 0 Å². The second-order valence-corrected chi connectivity index (χ2v) is 9.50. The number of hydrogen-bond acceptors (Lipinski definition) is 5. The molecule has 1 heterocycles. The number of fused-ring (bicyclic) bond motifs is 1. The minimum Gasteiger partial charge on any atom is -0.484 e. The molecule has 192 valence electrons. The maximum absolute atomic E-state index is 13.7. The van der Waals surface area contributed by atoms with Crippen molar-refractivity contribution in [2.24, 2.45) is 5.73 Å². The summed E-state index contributed by atoms with van der Waals surface area (Å²) in [6, 6.07) is 15.4. The first-order valence-electron chi connectivity index (χ1n) is 11.3. The Morgan fingerprint density at radius 2 is 1.76 bits per heavy atom. The van der Waals surface area contributed by atoms with E-state index < -0.39 is 11.9 Å². The fraction of sp³-hybridized carbons (Fsp3) is 0.192. The molecule has 0 saturated carbocycles. The van der Waals surface area contributed by atoms with Crippen molar-refractivity contribution in [1.29, 1.82) is 0 Å². The Morgan fingerprint density at radius 3 is 2.46 bits per heavy atom. The molecule has 4 rings (SSSR count). The number of nitrogens with two attached hydrogens (primary N) is 1. The first-order chi connectivity index (χ1) is 17.8. The van der Waals surface area contributed by atoms with Gasteiger partial charge in [0.05, 0.1) is 23.8 Å². The quantitative estimate of drug-likeness (QED) is 0.382. The van der Waals surface area contributed by atoms with Gasteiger partial charge in [-0.15, -0.1) is 0 Å². The van der Waals surface area contributed by atoms with Gasteiger partial charge in [-0.25, -0.2) is 0 Å². The first kappa shape index (κ1) is 26.8. The molecule has 1 unspecified atom stereocenters. The van der Waals surface area contributed by atoms with Crippen LogP contribution in [0.15, 0.2) is 60.7 Å². The third kappa shape index (κ3) is 6.34. The summed E-state index contributed by atoms with van der Waals surface area (Å²) in [4.78, 5) is 40.6. The summed E-state index contributed by atoms with van der Waals surface area (Å²) < 4.78 is 5.71. The molecule has 0 fully saturated rings. The van der Waals surface area contributed by atoms with E-state index in [2.05, 4.69) is 10.6 Å². The Labute approximate surface area is 228 Å². The van der Waals surface area contributed by atoms with E-state index >= 15 is 0 Å². The van der Waals surface area contributed by atoms with Crippen molar-refractivity contribution in [2.45, 2.75) is 12.5 Å². The van der Waals surface area contributed by atoms with Gasteiger partial charge in [-0.1, -0.05) is 40.9 Å². The van der Waals surface area contributed by atoms with Gasteiger partial charge in [0.15, 0.2) is 6.61 Å². The van der Waals surface area contributed by atoms with Crippen LogP contribution < -0.4 is 26.0 Å². The fourth-order valence-electron chi connectivity index (χ4n) is 3.99. The van der Waals surface area contributed by atoms with E-state index in [0.29, 0.717) is 49.9 Å². The molecule has 3 aromatic rings. The number of anilines is 2. The smallest absolute Gasteiger partial charge is 0.265 e. The zero-order valence-electron chi connectivity index (χ0n) is 19.5. The first-order valence-corrected chi connectivity index (χ1v) is 12.5. The third-order valence-electron chi connectivity index (χ3n) is 5.68. The second-order valence-electron chi connectivity index (χ2n) is 8.22. The lowest BCUT2D eigenvalue weighted by Crippen LogP contribution is -2.38. The van der Waals surface area contributed by atoms with Crippen LogP contribution in [0.5, 0.6) is 5.75 Å². The van der Waals surface area contributed by atoms with Crippen molar-refractivity contribution >= 4 is 63.9 Å². The van der Waals surface area contributed by atoms with Gasteiger partial charge in [-0.05, 0) is 60.2 Å². The molecular weight excluding hydrogens is 539 g/mol. The Bertz CT molecular complexity index is 1330. The molecule has 3 amide bonds. The molecule has 11 heteroatoms. The monoisotopic (exact) mass is 560 g/mol. The van der Waals surface area contributed by atoms with Gasteiger partial charge >= 0.3 is 0 Å². The SMILES string of the molecule is NCCNC(=O)c1ccc2c(c1)NC(=O)CC(c1ccc(Cl)cc1Cl)N2C(=O)COc1ccc(Cl)cc1. The average molecular weight is 562 g/mol. The van der Waals surface area contributed by atoms with E-state index in [0.717, 1.165) is 0 Å². The molecule has 0 saturated heterocycles. The number of hydrogen-bond donors (Lipinski definition) is 3. The van der Waals surface area contributed by atoms with Crippen LogP contribution in [0.4, 0.5) is 11.4 Å². The van der Waals surface area contributed by atoms with Crippen LogP contribution in [-0.2, 0) is 9.59 Å². The predicted molar refractivity (Wildman–Crippen MR) is 145 cm³/mol. The number of ether oxygens (including phenoxy) is 1. The number of rotatable bonds is 7. The number of nitrogens with zero attached hydrogens (tertiary/aromatic N) is 1. The third-order valence-corrected chi connectivity index (χ3v) is 6.49. The van der Waals surface area contributed by atoms with Crippen molar-refractivity contribution in [3.63, 3.8) is 0 Å². The number of nitrogens with one attached hydrogen (secondary N) is 2. The summed E-state index contributed by atoms with van der Waals surface area (Å²) in [6.07, 6.45) is -0.0859. The molecule has 37 heavy (non-hydrogen) atoms. The molecule has 8 nitrogen and oxygen atoms in total. The van der Waals surface area contributed by atoms with Gasteiger partial charge in [-0.2, -0.15) is 0 Å². The number of benzene rings is 3. The van der Waals surface area contributed by atoms with Gasteiger partial charge in [0, 0.05) is 33.7 Å². The van der Waals surface area contributed by atoms with Crippen molar-refractivity contribution in [1.82, 2.24) is 5.32 Å². The Hall–Kier alpha value is -3.30.